The Morgan fingerprint density at radius 2 is 1.66 bits per heavy atom. The van der Waals surface area contributed by atoms with E-state index in [4.69, 9.17) is 9.56 Å². The van der Waals surface area contributed by atoms with Crippen molar-refractivity contribution in [2.24, 2.45) is 5.14 Å². The molecule has 4 rings (SSSR count). The Kier molecular flexibility index (Phi) is 6.47. The molecule has 0 bridgehead atoms. The summed E-state index contributed by atoms with van der Waals surface area (Å²) in [6.07, 6.45) is 0. The number of aryl methyl sites for hydroxylation is 1. The first kappa shape index (κ1) is 24.2. The van der Waals surface area contributed by atoms with Crippen LogP contribution in [0.25, 0.3) is 22.3 Å². The van der Waals surface area contributed by atoms with Gasteiger partial charge in [-0.15, -0.1) is 0 Å². The maximum absolute atomic E-state index is 13.3. The Balaban J connectivity index is 1.82. The molecule has 3 aromatic carbocycles. The summed E-state index contributed by atoms with van der Waals surface area (Å²) in [5, 5.41) is 8.67. The first-order valence-corrected chi connectivity index (χ1v) is 12.4. The first-order chi connectivity index (χ1) is 16.5. The number of hydrogen-bond donors (Lipinski definition) is 3. The van der Waals surface area contributed by atoms with Crippen LogP contribution < -0.4 is 20.6 Å². The predicted octanol–water partition coefficient (Wildman–Crippen LogP) is 4.18. The fourth-order valence-corrected chi connectivity index (χ4v) is 4.42. The number of nitrogens with two attached hydrogens (primary N) is 1. The average Bonchev–Trinajstić information content (AvgIpc) is 2.81. The number of amides is 1. The van der Waals surface area contributed by atoms with Crippen LogP contribution in [0.3, 0.4) is 0 Å². The van der Waals surface area contributed by atoms with Crippen LogP contribution in [0.15, 0.2) is 75.9 Å². The zero-order valence-corrected chi connectivity index (χ0v) is 20.3. The van der Waals surface area contributed by atoms with Crippen LogP contribution in [0.5, 0.6) is 0 Å². The van der Waals surface area contributed by atoms with Crippen LogP contribution in [-0.2, 0) is 10.2 Å². The normalized spacial score (nSPS) is 12.3. The molecule has 0 aliphatic carbocycles. The van der Waals surface area contributed by atoms with Crippen LogP contribution in [0.1, 0.15) is 40.0 Å². The summed E-state index contributed by atoms with van der Waals surface area (Å²) in [5.74, 6) is -0.362. The Hall–Kier alpha value is -3.95. The highest BCUT2D eigenvalue weighted by molar-refractivity contribution is 7.87. The SMILES string of the molecule is Cc1cc([C@@H](C)Nc2ccccc2C(=O)NS(N)(=O)=O)c2oc(-c3ccccc3)c(C)c(=O)c2c1. The minimum absolute atomic E-state index is 0.104. The Bertz CT molecular complexity index is 1600. The maximum Gasteiger partial charge on any atom is 0.298 e. The summed E-state index contributed by atoms with van der Waals surface area (Å²) in [6, 6.07) is 19.2. The Labute approximate surface area is 203 Å². The highest BCUT2D eigenvalue weighted by atomic mass is 32.2. The summed E-state index contributed by atoms with van der Waals surface area (Å²) in [5.41, 5.74) is 3.73. The van der Waals surface area contributed by atoms with Crippen molar-refractivity contribution in [2.75, 3.05) is 5.32 Å². The van der Waals surface area contributed by atoms with Crippen LogP contribution in [0.4, 0.5) is 5.69 Å². The molecule has 0 radical (unpaired) electrons. The molecule has 0 aliphatic rings. The summed E-state index contributed by atoms with van der Waals surface area (Å²) in [6.45, 7) is 5.51. The van der Waals surface area contributed by atoms with Gasteiger partial charge >= 0.3 is 0 Å². The molecule has 4 N–H and O–H groups in total. The summed E-state index contributed by atoms with van der Waals surface area (Å²) in [4.78, 5) is 25.8. The molecular weight excluding hydrogens is 466 g/mol. The van der Waals surface area contributed by atoms with Gasteiger partial charge in [-0.3, -0.25) is 9.59 Å². The van der Waals surface area contributed by atoms with Crippen molar-refractivity contribution < 1.29 is 17.6 Å². The van der Waals surface area contributed by atoms with E-state index in [1.165, 1.54) is 6.07 Å². The van der Waals surface area contributed by atoms with Gasteiger partial charge in [-0.1, -0.05) is 48.5 Å². The molecule has 180 valence electrons. The fraction of sp³-hybridized carbons (Fsp3) is 0.154. The molecule has 0 saturated carbocycles. The maximum atomic E-state index is 13.3. The van der Waals surface area contributed by atoms with Gasteiger partial charge in [-0.2, -0.15) is 8.42 Å². The van der Waals surface area contributed by atoms with Gasteiger partial charge in [0.2, 0.25) is 0 Å². The molecule has 1 aromatic heterocycles. The van der Waals surface area contributed by atoms with Crippen LogP contribution in [0, 0.1) is 13.8 Å². The molecule has 4 aromatic rings. The molecular formula is C26H25N3O5S. The van der Waals surface area contributed by atoms with Gasteiger partial charge in [-0.25, -0.2) is 9.86 Å². The van der Waals surface area contributed by atoms with Gasteiger partial charge in [0.1, 0.15) is 11.3 Å². The van der Waals surface area contributed by atoms with E-state index in [-0.39, 0.29) is 11.0 Å². The number of hydrogen-bond acceptors (Lipinski definition) is 6. The third-order valence-electron chi connectivity index (χ3n) is 5.67. The second kappa shape index (κ2) is 9.36. The number of para-hydroxylation sites is 1. The number of anilines is 1. The number of fused-ring (bicyclic) bond motifs is 1. The van der Waals surface area contributed by atoms with Crippen LogP contribution in [-0.4, -0.2) is 14.3 Å². The Morgan fingerprint density at radius 3 is 2.34 bits per heavy atom. The van der Waals surface area contributed by atoms with E-state index in [2.05, 4.69) is 5.32 Å². The molecule has 0 saturated heterocycles. The van der Waals surface area contributed by atoms with Gasteiger partial charge in [0, 0.05) is 22.4 Å². The first-order valence-electron chi connectivity index (χ1n) is 10.9. The lowest BCUT2D eigenvalue weighted by molar-refractivity contribution is 0.0982. The smallest absolute Gasteiger partial charge is 0.298 e. The van der Waals surface area contributed by atoms with Crippen molar-refractivity contribution in [3.8, 4) is 11.3 Å². The van der Waals surface area contributed by atoms with Gasteiger partial charge in [0.25, 0.3) is 16.1 Å². The zero-order chi connectivity index (χ0) is 25.3. The van der Waals surface area contributed by atoms with E-state index >= 15 is 0 Å². The monoisotopic (exact) mass is 491 g/mol. The lowest BCUT2D eigenvalue weighted by Gasteiger charge is -2.20. The zero-order valence-electron chi connectivity index (χ0n) is 19.5. The van der Waals surface area contributed by atoms with E-state index in [0.29, 0.717) is 28.0 Å². The van der Waals surface area contributed by atoms with Gasteiger partial charge < -0.3 is 9.73 Å². The number of carbonyl (C=O) groups is 1. The van der Waals surface area contributed by atoms with E-state index in [1.54, 1.807) is 35.9 Å². The molecule has 35 heavy (non-hydrogen) atoms. The van der Waals surface area contributed by atoms with E-state index in [9.17, 15) is 18.0 Å². The molecule has 8 nitrogen and oxygen atoms in total. The van der Waals surface area contributed by atoms with Crippen molar-refractivity contribution in [2.45, 2.75) is 26.8 Å². The number of carbonyl (C=O) groups excluding carboxylic acids is 1. The standard InChI is InChI=1S/C26H25N3O5S/c1-15-13-20(17(3)28-22-12-8-7-11-19(22)26(31)29-35(27,32)33)25-21(14-15)23(30)16(2)24(34-25)18-9-5-4-6-10-18/h4-14,17,28H,1-3H3,(H,29,31)(H2,27,32,33)/t17-/m1/s1. The molecule has 0 fully saturated rings. The van der Waals surface area contributed by atoms with E-state index in [0.717, 1.165) is 16.7 Å². The highest BCUT2D eigenvalue weighted by Gasteiger charge is 2.21. The minimum Gasteiger partial charge on any atom is -0.455 e. The van der Waals surface area contributed by atoms with Gasteiger partial charge in [0.05, 0.1) is 17.0 Å². The van der Waals surface area contributed by atoms with Crippen LogP contribution in [0.2, 0.25) is 0 Å². The number of nitrogens with one attached hydrogen (secondary N) is 2. The predicted molar refractivity (Wildman–Crippen MR) is 136 cm³/mol. The molecule has 0 aliphatic heterocycles. The molecule has 1 amide bonds. The number of rotatable bonds is 6. The lowest BCUT2D eigenvalue weighted by Crippen LogP contribution is -2.36. The average molecular weight is 492 g/mol. The Morgan fingerprint density at radius 1 is 1.00 bits per heavy atom. The quantitative estimate of drug-likeness (QED) is 0.371. The molecule has 1 atom stereocenters. The lowest BCUT2D eigenvalue weighted by atomic mass is 9.98. The topological polar surface area (TPSA) is 132 Å². The second-order valence-corrected chi connectivity index (χ2v) is 9.66. The van der Waals surface area contributed by atoms with E-state index in [1.807, 2.05) is 50.2 Å². The number of benzene rings is 3. The third-order valence-corrected chi connectivity index (χ3v) is 6.14. The molecule has 0 unspecified atom stereocenters. The largest absolute Gasteiger partial charge is 0.455 e. The van der Waals surface area contributed by atoms with Gasteiger partial charge in [-0.05, 0) is 44.5 Å². The third kappa shape index (κ3) is 5.11. The molecule has 9 heteroatoms. The fourth-order valence-electron chi connectivity index (χ4n) is 4.06. The van der Waals surface area contributed by atoms with Crippen molar-refractivity contribution >= 4 is 32.8 Å². The molecule has 0 spiro atoms. The van der Waals surface area contributed by atoms with Crippen molar-refractivity contribution in [1.29, 1.82) is 0 Å². The summed E-state index contributed by atoms with van der Waals surface area (Å²) < 4.78 is 30.8. The van der Waals surface area contributed by atoms with Crippen molar-refractivity contribution in [1.82, 2.24) is 4.72 Å². The van der Waals surface area contributed by atoms with Gasteiger partial charge in [0.15, 0.2) is 5.43 Å². The van der Waals surface area contributed by atoms with Crippen molar-refractivity contribution in [3.63, 3.8) is 0 Å². The van der Waals surface area contributed by atoms with Crippen LogP contribution >= 0.6 is 0 Å². The minimum atomic E-state index is -4.22. The summed E-state index contributed by atoms with van der Waals surface area (Å²) >= 11 is 0. The molecule has 1 heterocycles. The second-order valence-electron chi connectivity index (χ2n) is 8.37. The van der Waals surface area contributed by atoms with Crippen molar-refractivity contribution in [3.05, 3.63) is 99.2 Å². The highest BCUT2D eigenvalue weighted by Crippen LogP contribution is 2.32. The van der Waals surface area contributed by atoms with E-state index < -0.39 is 22.2 Å². The summed E-state index contributed by atoms with van der Waals surface area (Å²) in [7, 11) is -4.22.